The summed E-state index contributed by atoms with van der Waals surface area (Å²) in [7, 11) is -4.76. The zero-order valence-corrected chi connectivity index (χ0v) is 49.9. The first-order chi connectivity index (χ1) is 37.2. The molecule has 11 nitrogen and oxygen atoms in total. The smallest absolute Gasteiger partial charge is 0.462 e. The third kappa shape index (κ3) is 55.9. The van der Waals surface area contributed by atoms with Gasteiger partial charge in [0.05, 0.1) is 19.8 Å². The van der Waals surface area contributed by atoms with E-state index < -0.39 is 57.8 Å². The Balaban J connectivity index is 4.73. The van der Waals surface area contributed by atoms with Crippen LogP contribution in [0, 0.1) is 0 Å². The Morgan fingerprint density at radius 3 is 1.01 bits per heavy atom. The van der Waals surface area contributed by atoms with Gasteiger partial charge in [0.2, 0.25) is 0 Å². The van der Waals surface area contributed by atoms with Crippen LogP contribution in [0.4, 0.5) is 0 Å². The fraction of sp³-hybridized carbons (Fsp3) is 0.797. The van der Waals surface area contributed by atoms with Gasteiger partial charge in [-0.15, -0.1) is 0 Å². The summed E-state index contributed by atoms with van der Waals surface area (Å²) in [5.74, 6) is -1.48. The molecule has 2 N–H and O–H groups in total. The van der Waals surface area contributed by atoms with Crippen LogP contribution in [0.1, 0.15) is 290 Å². The van der Waals surface area contributed by atoms with Gasteiger partial charge in [0.1, 0.15) is 12.7 Å². The fourth-order valence-corrected chi connectivity index (χ4v) is 9.37. The molecular weight excluding hydrogens is 976 g/mol. The molecule has 442 valence electrons. The summed E-state index contributed by atoms with van der Waals surface area (Å²) in [5, 5.41) is 9.83. The molecule has 0 aromatic heterocycles. The summed E-state index contributed by atoms with van der Waals surface area (Å²) in [6, 6.07) is 0. The normalized spacial score (nSPS) is 13.7. The Morgan fingerprint density at radius 2 is 0.645 bits per heavy atom. The van der Waals surface area contributed by atoms with Gasteiger partial charge in [-0.1, -0.05) is 223 Å². The highest BCUT2D eigenvalue weighted by Crippen LogP contribution is 2.43. The molecule has 0 aliphatic carbocycles. The van der Waals surface area contributed by atoms with Gasteiger partial charge < -0.3 is 24.2 Å². The maximum atomic E-state index is 12.9. The van der Waals surface area contributed by atoms with E-state index in [0.717, 1.165) is 109 Å². The van der Waals surface area contributed by atoms with Crippen molar-refractivity contribution in [3.63, 3.8) is 0 Å². The molecule has 0 bridgehead atoms. The van der Waals surface area contributed by atoms with Gasteiger partial charge in [-0.25, -0.2) is 4.57 Å². The SMILES string of the molecule is CCCCC/C=C\C/C=C\CCCCCCCCCC(=O)OCC(COP(=O)(O)OCC(CO)OC(=O)CCCCCCC/C=C\CCCCCCCC)OC(=O)CCCCCCCCC/C=C\C/C=C\CCCCC. The molecule has 0 saturated heterocycles. The van der Waals surface area contributed by atoms with Crippen LogP contribution in [0.2, 0.25) is 0 Å². The summed E-state index contributed by atoms with van der Waals surface area (Å²) < 4.78 is 39.6. The Bertz CT molecular complexity index is 1510. The predicted octanol–water partition coefficient (Wildman–Crippen LogP) is 18.7. The fourth-order valence-electron chi connectivity index (χ4n) is 8.59. The Labute approximate surface area is 465 Å². The zero-order chi connectivity index (χ0) is 55.5. The van der Waals surface area contributed by atoms with Crippen molar-refractivity contribution in [3.8, 4) is 0 Å². The highest BCUT2D eigenvalue weighted by atomic mass is 31.2. The summed E-state index contributed by atoms with van der Waals surface area (Å²) in [4.78, 5) is 48.7. The molecule has 3 atom stereocenters. The number of ether oxygens (including phenoxy) is 3. The first-order valence-electron chi connectivity index (χ1n) is 31.2. The van der Waals surface area contributed by atoms with E-state index in [4.69, 9.17) is 23.3 Å². The second-order valence-electron chi connectivity index (χ2n) is 20.9. The van der Waals surface area contributed by atoms with Crippen molar-refractivity contribution in [3.05, 3.63) is 60.8 Å². The van der Waals surface area contributed by atoms with Gasteiger partial charge in [0.25, 0.3) is 0 Å². The van der Waals surface area contributed by atoms with Crippen LogP contribution in [0.5, 0.6) is 0 Å². The number of carbonyl (C=O) groups is 3. The molecule has 0 heterocycles. The highest BCUT2D eigenvalue weighted by Gasteiger charge is 2.28. The van der Waals surface area contributed by atoms with Gasteiger partial charge in [-0.05, 0) is 109 Å². The Hall–Kier alpha value is -2.82. The first kappa shape index (κ1) is 73.2. The number of aliphatic hydroxyl groups is 1. The number of phosphoric acid groups is 1. The lowest BCUT2D eigenvalue weighted by molar-refractivity contribution is -0.161. The van der Waals surface area contributed by atoms with Crippen molar-refractivity contribution in [1.29, 1.82) is 0 Å². The number of hydrogen-bond donors (Lipinski definition) is 2. The Morgan fingerprint density at radius 1 is 0.368 bits per heavy atom. The molecule has 3 unspecified atom stereocenters. The molecule has 76 heavy (non-hydrogen) atoms. The standard InChI is InChI=1S/C64H115O11P/c1-4-7-10-13-16-19-22-25-28-30-33-35-38-41-44-47-50-53-62(66)71-57-61(75-64(68)55-52-49-46-43-40-37-34-31-29-26-23-20-17-14-11-8-5-2)59-73-76(69,70)72-58-60(56-65)74-63(67)54-51-48-45-42-39-36-32-27-24-21-18-15-12-9-6-3/h16-17,19-20,25-29,32,60-61,65H,4-15,18,21-24,30-31,33-59H2,1-3H3,(H,69,70)/b19-16-,20-17-,28-25-,29-26-,32-27-. The number of allylic oxidation sites excluding steroid dienone is 10. The number of phosphoric ester groups is 1. The topological polar surface area (TPSA) is 155 Å². The predicted molar refractivity (Wildman–Crippen MR) is 316 cm³/mol. The van der Waals surface area contributed by atoms with Gasteiger partial charge >= 0.3 is 25.7 Å². The average Bonchev–Trinajstić information content (AvgIpc) is 3.41. The van der Waals surface area contributed by atoms with Crippen LogP contribution in [0.25, 0.3) is 0 Å². The molecule has 0 fully saturated rings. The van der Waals surface area contributed by atoms with Crippen molar-refractivity contribution in [2.24, 2.45) is 0 Å². The van der Waals surface area contributed by atoms with Gasteiger partial charge in [0.15, 0.2) is 6.10 Å². The molecule has 0 spiro atoms. The van der Waals surface area contributed by atoms with Crippen molar-refractivity contribution < 1.29 is 52.2 Å². The lowest BCUT2D eigenvalue weighted by Gasteiger charge is -2.21. The summed E-state index contributed by atoms with van der Waals surface area (Å²) in [5.41, 5.74) is 0. The average molecular weight is 1090 g/mol. The lowest BCUT2D eigenvalue weighted by Crippen LogP contribution is -2.30. The minimum Gasteiger partial charge on any atom is -0.462 e. The minimum absolute atomic E-state index is 0.156. The number of esters is 3. The zero-order valence-electron chi connectivity index (χ0n) is 49.0. The molecule has 0 radical (unpaired) electrons. The van der Waals surface area contributed by atoms with Crippen LogP contribution in [-0.2, 0) is 42.2 Å². The molecule has 0 aliphatic rings. The van der Waals surface area contributed by atoms with E-state index in [1.807, 2.05) is 0 Å². The van der Waals surface area contributed by atoms with Gasteiger partial charge in [-0.3, -0.25) is 23.4 Å². The molecule has 0 aliphatic heterocycles. The molecule has 0 rings (SSSR count). The summed E-state index contributed by atoms with van der Waals surface area (Å²) >= 11 is 0. The van der Waals surface area contributed by atoms with E-state index in [-0.39, 0.29) is 25.9 Å². The molecular formula is C64H115O11P. The monoisotopic (exact) mass is 1090 g/mol. The van der Waals surface area contributed by atoms with E-state index in [2.05, 4.69) is 81.5 Å². The molecule has 0 aromatic rings. The molecule has 0 saturated carbocycles. The van der Waals surface area contributed by atoms with Gasteiger partial charge in [0, 0.05) is 19.3 Å². The minimum atomic E-state index is -4.76. The van der Waals surface area contributed by atoms with E-state index in [9.17, 15) is 28.9 Å². The van der Waals surface area contributed by atoms with Gasteiger partial charge in [-0.2, -0.15) is 0 Å². The second kappa shape index (κ2) is 58.3. The van der Waals surface area contributed by atoms with Crippen molar-refractivity contribution in [2.75, 3.05) is 26.4 Å². The van der Waals surface area contributed by atoms with Crippen LogP contribution >= 0.6 is 7.82 Å². The van der Waals surface area contributed by atoms with E-state index in [1.165, 1.54) is 122 Å². The number of aliphatic hydroxyl groups excluding tert-OH is 1. The lowest BCUT2D eigenvalue weighted by atomic mass is 10.1. The van der Waals surface area contributed by atoms with E-state index in [0.29, 0.717) is 19.3 Å². The van der Waals surface area contributed by atoms with Crippen molar-refractivity contribution >= 4 is 25.7 Å². The second-order valence-corrected chi connectivity index (χ2v) is 22.3. The van der Waals surface area contributed by atoms with Crippen LogP contribution in [-0.4, -0.2) is 66.5 Å². The van der Waals surface area contributed by atoms with Crippen LogP contribution in [0.3, 0.4) is 0 Å². The molecule has 0 amide bonds. The largest absolute Gasteiger partial charge is 0.472 e. The quantitative estimate of drug-likeness (QED) is 0.0197. The van der Waals surface area contributed by atoms with Crippen molar-refractivity contribution in [2.45, 2.75) is 303 Å². The van der Waals surface area contributed by atoms with Crippen LogP contribution < -0.4 is 0 Å². The third-order valence-corrected chi connectivity index (χ3v) is 14.3. The maximum Gasteiger partial charge on any atom is 0.472 e. The summed E-state index contributed by atoms with van der Waals surface area (Å²) in [6.45, 7) is 4.60. The van der Waals surface area contributed by atoms with E-state index >= 15 is 0 Å². The number of rotatable bonds is 58. The number of hydrogen-bond acceptors (Lipinski definition) is 10. The third-order valence-electron chi connectivity index (χ3n) is 13.4. The van der Waals surface area contributed by atoms with Crippen LogP contribution in [0.15, 0.2) is 60.8 Å². The maximum absolute atomic E-state index is 12.9. The Kier molecular flexibility index (Phi) is 56.2. The highest BCUT2D eigenvalue weighted by molar-refractivity contribution is 7.47. The number of unbranched alkanes of at least 4 members (excludes halogenated alkanes) is 31. The number of carbonyl (C=O) groups excluding carboxylic acids is 3. The first-order valence-corrected chi connectivity index (χ1v) is 32.7. The van der Waals surface area contributed by atoms with E-state index in [1.54, 1.807) is 0 Å². The summed E-state index contributed by atoms with van der Waals surface area (Å²) in [6.07, 6.45) is 64.5. The molecule has 0 aromatic carbocycles. The molecule has 12 heteroatoms. The van der Waals surface area contributed by atoms with Crippen molar-refractivity contribution in [1.82, 2.24) is 0 Å².